The first kappa shape index (κ1) is 36.7. The molecule has 48 heavy (non-hydrogen) atoms. The largest absolute Gasteiger partial charge is 0.417 e. The van der Waals surface area contributed by atoms with Gasteiger partial charge in [-0.25, -0.2) is 17.6 Å². The summed E-state index contributed by atoms with van der Waals surface area (Å²) < 4.78 is 101. The molecule has 260 valence electrons. The lowest BCUT2D eigenvalue weighted by molar-refractivity contribution is -0.138. The number of amides is 2. The second-order valence-electron chi connectivity index (χ2n) is 14.2. The van der Waals surface area contributed by atoms with Crippen molar-refractivity contribution in [3.8, 4) is 11.1 Å². The van der Waals surface area contributed by atoms with Crippen LogP contribution in [0.1, 0.15) is 74.2 Å². The normalized spacial score (nSPS) is 16.2. The van der Waals surface area contributed by atoms with Gasteiger partial charge in [-0.05, 0) is 76.1 Å². The number of piperazine rings is 1. The van der Waals surface area contributed by atoms with Gasteiger partial charge in [0.15, 0.2) is 0 Å². The fourth-order valence-corrected chi connectivity index (χ4v) is 6.21. The minimum atomic E-state index is -5.08. The molecule has 0 aliphatic carbocycles. The molecule has 4 rings (SSSR count). The molecule has 1 saturated heterocycles. The highest BCUT2D eigenvalue weighted by molar-refractivity contribution is 6.07. The molecule has 13 heteroatoms. The Labute approximate surface area is 275 Å². The number of carbonyl (C=O) groups is 2. The number of benzene rings is 3. The summed E-state index contributed by atoms with van der Waals surface area (Å²) in [4.78, 5) is 30.3. The van der Waals surface area contributed by atoms with Gasteiger partial charge in [0.2, 0.25) is 0 Å². The third kappa shape index (κ3) is 8.47. The Morgan fingerprint density at radius 2 is 1.44 bits per heavy atom. The van der Waals surface area contributed by atoms with E-state index in [9.17, 15) is 27.2 Å². The van der Waals surface area contributed by atoms with Gasteiger partial charge in [-0.3, -0.25) is 9.59 Å². The number of carbonyl (C=O) groups excluding carboxylic acids is 2. The summed E-state index contributed by atoms with van der Waals surface area (Å²) in [5.41, 5.74) is -5.04. The quantitative estimate of drug-likeness (QED) is 0.247. The van der Waals surface area contributed by atoms with E-state index in [1.165, 1.54) is 0 Å². The number of anilines is 2. The molecule has 1 fully saturated rings. The first-order chi connectivity index (χ1) is 22.1. The fourth-order valence-electron chi connectivity index (χ4n) is 6.21. The Bertz CT molecular complexity index is 1720. The number of likely N-dealkylation sites (N-methyl/N-ethyl adjacent to an activating group) is 1. The molecule has 0 radical (unpaired) electrons. The summed E-state index contributed by atoms with van der Waals surface area (Å²) in [5.74, 6) is -6.73. The molecule has 0 unspecified atom stereocenters. The molecule has 0 bridgehead atoms. The van der Waals surface area contributed by atoms with Crippen molar-refractivity contribution in [2.75, 3.05) is 36.9 Å². The van der Waals surface area contributed by atoms with Crippen molar-refractivity contribution >= 4 is 23.2 Å². The predicted octanol–water partition coefficient (Wildman–Crippen LogP) is 8.27. The molecule has 1 aliphatic rings. The van der Waals surface area contributed by atoms with Crippen LogP contribution in [0.2, 0.25) is 0 Å². The van der Waals surface area contributed by atoms with E-state index in [0.29, 0.717) is 44.3 Å². The molecule has 0 saturated carbocycles. The van der Waals surface area contributed by atoms with Gasteiger partial charge in [0.25, 0.3) is 11.8 Å². The maximum Gasteiger partial charge on any atom is 0.417 e. The third-order valence-electron chi connectivity index (χ3n) is 8.18. The lowest BCUT2D eigenvalue weighted by Gasteiger charge is -2.39. The van der Waals surface area contributed by atoms with E-state index in [-0.39, 0.29) is 28.9 Å². The number of nitrogens with one attached hydrogen (secondary N) is 2. The molecule has 2 amide bonds. The zero-order valence-electron chi connectivity index (χ0n) is 27.8. The van der Waals surface area contributed by atoms with Gasteiger partial charge in [-0.1, -0.05) is 20.8 Å². The minimum Gasteiger partial charge on any atom is -0.367 e. The van der Waals surface area contributed by atoms with Gasteiger partial charge in [-0.2, -0.15) is 13.2 Å². The summed E-state index contributed by atoms with van der Waals surface area (Å²) in [5, 5.41) is 5.12. The van der Waals surface area contributed by atoms with Crippen LogP contribution in [-0.2, 0) is 6.18 Å². The Hall–Kier alpha value is -4.13. The van der Waals surface area contributed by atoms with Gasteiger partial charge >= 0.3 is 6.18 Å². The number of rotatable bonds is 7. The number of halogens is 7. The molecule has 1 aliphatic heterocycles. The summed E-state index contributed by atoms with van der Waals surface area (Å²) in [6.45, 7) is 12.5. The third-order valence-corrected chi connectivity index (χ3v) is 8.18. The highest BCUT2D eigenvalue weighted by atomic mass is 19.4. The fraction of sp³-hybridized carbons (Fsp3) is 0.429. The zero-order chi connectivity index (χ0) is 35.9. The number of hydrogen-bond donors (Lipinski definition) is 2. The van der Waals surface area contributed by atoms with Gasteiger partial charge in [0.1, 0.15) is 23.3 Å². The summed E-state index contributed by atoms with van der Waals surface area (Å²) >= 11 is 0. The molecule has 3 aromatic carbocycles. The van der Waals surface area contributed by atoms with Crippen molar-refractivity contribution in [3.05, 3.63) is 82.4 Å². The smallest absolute Gasteiger partial charge is 0.367 e. The summed E-state index contributed by atoms with van der Waals surface area (Å²) in [7, 11) is 1.89. The zero-order valence-corrected chi connectivity index (χ0v) is 27.8. The minimum absolute atomic E-state index is 0.0304. The Kier molecular flexibility index (Phi) is 10.3. The molecule has 3 aromatic rings. The monoisotopic (exact) mass is 680 g/mol. The van der Waals surface area contributed by atoms with Gasteiger partial charge in [-0.15, -0.1) is 0 Å². The molecule has 2 N–H and O–H groups in total. The van der Waals surface area contributed by atoms with Crippen LogP contribution in [0.4, 0.5) is 42.1 Å². The van der Waals surface area contributed by atoms with Crippen LogP contribution in [0.3, 0.4) is 0 Å². The lowest BCUT2D eigenvalue weighted by atomic mass is 9.81. The van der Waals surface area contributed by atoms with Gasteiger partial charge < -0.3 is 20.4 Å². The van der Waals surface area contributed by atoms with Crippen molar-refractivity contribution in [1.29, 1.82) is 0 Å². The Morgan fingerprint density at radius 3 is 2.04 bits per heavy atom. The second-order valence-corrected chi connectivity index (χ2v) is 14.2. The van der Waals surface area contributed by atoms with E-state index < -0.39 is 74.6 Å². The van der Waals surface area contributed by atoms with E-state index >= 15 is 13.2 Å². The predicted molar refractivity (Wildman–Crippen MR) is 171 cm³/mol. The van der Waals surface area contributed by atoms with Crippen molar-refractivity contribution < 1.29 is 40.3 Å². The van der Waals surface area contributed by atoms with Crippen LogP contribution < -0.4 is 15.5 Å². The topological polar surface area (TPSA) is 64.7 Å². The second kappa shape index (κ2) is 13.4. The average molecular weight is 681 g/mol. The summed E-state index contributed by atoms with van der Waals surface area (Å²) in [6, 6.07) is 4.89. The Morgan fingerprint density at radius 1 is 0.812 bits per heavy atom. The van der Waals surface area contributed by atoms with E-state index in [2.05, 4.69) is 10.6 Å². The lowest BCUT2D eigenvalue weighted by Crippen LogP contribution is -2.50. The number of nitrogens with zero attached hydrogens (tertiary/aromatic N) is 2. The Balaban J connectivity index is 1.83. The van der Waals surface area contributed by atoms with E-state index in [1.807, 2.05) is 39.6 Å². The maximum atomic E-state index is 15.9. The highest BCUT2D eigenvalue weighted by Crippen LogP contribution is 2.39. The van der Waals surface area contributed by atoms with Crippen molar-refractivity contribution in [3.63, 3.8) is 0 Å². The molecule has 1 atom stereocenters. The maximum absolute atomic E-state index is 15.9. The van der Waals surface area contributed by atoms with Gasteiger partial charge in [0, 0.05) is 48.4 Å². The highest BCUT2D eigenvalue weighted by Gasteiger charge is 2.36. The molecular weight excluding hydrogens is 641 g/mol. The standard InChI is InChI=1S/C35H39F7N4O2/c1-19-17-46(11-10-45(19)7)30-16-28(39)23(14-29(30)43-31(47)21-9-8-20(36)12-25(21)35(40,41)42)22-13-24(27(38)15-26(22)37)32(48)44-34(5,6)18-33(2,3)4/h8-9,12-16,19H,10-11,17-18H2,1-7H3,(H,43,47)(H,44,48)/t19-/m1/s1. The molecule has 0 aromatic heterocycles. The van der Waals surface area contributed by atoms with E-state index in [4.69, 9.17) is 0 Å². The van der Waals surface area contributed by atoms with Crippen LogP contribution in [0.25, 0.3) is 11.1 Å². The van der Waals surface area contributed by atoms with Crippen LogP contribution in [0.5, 0.6) is 0 Å². The summed E-state index contributed by atoms with van der Waals surface area (Å²) in [6.07, 6.45) is -4.57. The SMILES string of the molecule is C[C@@H]1CN(c2cc(F)c(-c3cc(C(=O)NC(C)(C)CC(C)(C)C)c(F)cc3F)cc2NC(=O)c2ccc(F)cc2C(F)(F)F)CCN1C. The van der Waals surface area contributed by atoms with Crippen molar-refractivity contribution in [2.45, 2.75) is 65.7 Å². The van der Waals surface area contributed by atoms with E-state index in [0.717, 1.165) is 18.2 Å². The van der Waals surface area contributed by atoms with Crippen LogP contribution in [-0.4, -0.2) is 55.0 Å². The first-order valence-corrected chi connectivity index (χ1v) is 15.3. The first-order valence-electron chi connectivity index (χ1n) is 15.3. The van der Waals surface area contributed by atoms with Gasteiger partial charge in [0.05, 0.1) is 28.1 Å². The molecule has 6 nitrogen and oxygen atoms in total. The van der Waals surface area contributed by atoms with Crippen LogP contribution in [0.15, 0.2) is 42.5 Å². The van der Waals surface area contributed by atoms with Crippen LogP contribution in [0, 0.1) is 28.7 Å². The average Bonchev–Trinajstić information content (AvgIpc) is 2.93. The molecule has 1 heterocycles. The van der Waals surface area contributed by atoms with Crippen molar-refractivity contribution in [1.82, 2.24) is 10.2 Å². The van der Waals surface area contributed by atoms with E-state index in [1.54, 1.807) is 18.7 Å². The molecular formula is C35H39F7N4O2. The molecule has 0 spiro atoms. The van der Waals surface area contributed by atoms with Crippen LogP contribution >= 0.6 is 0 Å². The van der Waals surface area contributed by atoms with Crippen molar-refractivity contribution in [2.24, 2.45) is 5.41 Å². The number of hydrogen-bond acceptors (Lipinski definition) is 4. The number of alkyl halides is 3.